The quantitative estimate of drug-likeness (QED) is 0.582. The van der Waals surface area contributed by atoms with Gasteiger partial charge in [-0.3, -0.25) is 9.69 Å². The summed E-state index contributed by atoms with van der Waals surface area (Å²) >= 11 is 1.38. The number of carbonyl (C=O) groups excluding carboxylic acids is 2. The number of esters is 1. The summed E-state index contributed by atoms with van der Waals surface area (Å²) < 4.78 is 31.2. The van der Waals surface area contributed by atoms with Gasteiger partial charge in [0.2, 0.25) is 10.0 Å². The minimum atomic E-state index is -3.69. The van der Waals surface area contributed by atoms with Crippen LogP contribution in [0.4, 0.5) is 5.13 Å². The lowest BCUT2D eigenvalue weighted by atomic mass is 9.94. The highest BCUT2D eigenvalue weighted by Gasteiger charge is 2.33. The van der Waals surface area contributed by atoms with Crippen molar-refractivity contribution < 1.29 is 22.7 Å². The molecule has 0 saturated heterocycles. The van der Waals surface area contributed by atoms with Crippen LogP contribution in [0, 0.1) is 0 Å². The largest absolute Gasteiger partial charge is 0.449 e. The molecule has 3 rings (SSSR count). The van der Waals surface area contributed by atoms with E-state index >= 15 is 0 Å². The van der Waals surface area contributed by atoms with Crippen LogP contribution >= 0.6 is 11.3 Å². The third-order valence-corrected chi connectivity index (χ3v) is 7.86. The predicted octanol–water partition coefficient (Wildman–Crippen LogP) is 3.30. The summed E-state index contributed by atoms with van der Waals surface area (Å²) in [4.78, 5) is 31.9. The molecule has 0 aliphatic heterocycles. The Morgan fingerprint density at radius 1 is 1.19 bits per heavy atom. The highest BCUT2D eigenvalue weighted by molar-refractivity contribution is 7.89. The van der Waals surface area contributed by atoms with Gasteiger partial charge in [-0.1, -0.05) is 25.3 Å². The SMILES string of the molecule is CC(OC(=O)c1cccc(S(=O)(=O)N(C)C)c1)C(=O)N(c1nccs1)C1CCCCC1. The molecular formula is C21H27N3O5S2. The minimum Gasteiger partial charge on any atom is -0.449 e. The van der Waals surface area contributed by atoms with E-state index in [1.54, 1.807) is 11.1 Å². The first-order valence-corrected chi connectivity index (χ1v) is 12.5. The van der Waals surface area contributed by atoms with Gasteiger partial charge in [0.1, 0.15) is 0 Å². The number of hydrogen-bond acceptors (Lipinski definition) is 7. The van der Waals surface area contributed by atoms with Crippen LogP contribution in [0.3, 0.4) is 0 Å². The van der Waals surface area contributed by atoms with Crippen LogP contribution in [-0.4, -0.2) is 55.8 Å². The van der Waals surface area contributed by atoms with E-state index in [9.17, 15) is 18.0 Å². The van der Waals surface area contributed by atoms with E-state index < -0.39 is 22.1 Å². The van der Waals surface area contributed by atoms with Gasteiger partial charge in [0.05, 0.1) is 10.5 Å². The number of nitrogens with zero attached hydrogens (tertiary/aromatic N) is 3. The highest BCUT2D eigenvalue weighted by Crippen LogP contribution is 2.30. The maximum Gasteiger partial charge on any atom is 0.338 e. The van der Waals surface area contributed by atoms with Gasteiger partial charge < -0.3 is 4.74 Å². The molecule has 31 heavy (non-hydrogen) atoms. The van der Waals surface area contributed by atoms with Crippen LogP contribution < -0.4 is 4.90 Å². The molecule has 8 nitrogen and oxygen atoms in total. The topological polar surface area (TPSA) is 96.9 Å². The monoisotopic (exact) mass is 465 g/mol. The van der Waals surface area contributed by atoms with E-state index in [1.807, 2.05) is 5.38 Å². The first kappa shape index (κ1) is 23.4. The fourth-order valence-corrected chi connectivity index (χ4v) is 5.24. The fraction of sp³-hybridized carbons (Fsp3) is 0.476. The zero-order valence-corrected chi connectivity index (χ0v) is 19.5. The molecule has 1 aliphatic carbocycles. The predicted molar refractivity (Wildman–Crippen MR) is 119 cm³/mol. The molecule has 1 saturated carbocycles. The average Bonchev–Trinajstić information content (AvgIpc) is 3.28. The molecule has 10 heteroatoms. The van der Waals surface area contributed by atoms with E-state index in [4.69, 9.17) is 4.74 Å². The number of carbonyl (C=O) groups is 2. The maximum absolute atomic E-state index is 13.2. The summed E-state index contributed by atoms with van der Waals surface area (Å²) in [6.07, 6.45) is 5.62. The summed E-state index contributed by atoms with van der Waals surface area (Å²) in [5, 5.41) is 2.41. The van der Waals surface area contributed by atoms with Gasteiger partial charge in [-0.05, 0) is 38.0 Å². The number of ether oxygens (including phenoxy) is 1. The number of benzene rings is 1. The summed E-state index contributed by atoms with van der Waals surface area (Å²) in [7, 11) is -0.859. The van der Waals surface area contributed by atoms with E-state index in [0.29, 0.717) is 5.13 Å². The van der Waals surface area contributed by atoms with Crippen molar-refractivity contribution in [2.75, 3.05) is 19.0 Å². The fourth-order valence-electron chi connectivity index (χ4n) is 3.57. The molecule has 1 atom stereocenters. The minimum absolute atomic E-state index is 0.0162. The van der Waals surface area contributed by atoms with Crippen LogP contribution in [0.15, 0.2) is 40.7 Å². The first-order chi connectivity index (χ1) is 14.7. The Labute approximate surface area is 186 Å². The second-order valence-corrected chi connectivity index (χ2v) is 10.7. The first-order valence-electron chi connectivity index (χ1n) is 10.2. The Morgan fingerprint density at radius 3 is 2.52 bits per heavy atom. The summed E-state index contributed by atoms with van der Waals surface area (Å²) in [6.45, 7) is 1.53. The number of rotatable bonds is 7. The smallest absolute Gasteiger partial charge is 0.338 e. The Balaban J connectivity index is 1.77. The zero-order chi connectivity index (χ0) is 22.6. The van der Waals surface area contributed by atoms with Crippen molar-refractivity contribution in [2.45, 2.75) is 56.1 Å². The third kappa shape index (κ3) is 5.31. The van der Waals surface area contributed by atoms with E-state index in [-0.39, 0.29) is 22.4 Å². The molecule has 1 fully saturated rings. The lowest BCUT2D eigenvalue weighted by molar-refractivity contribution is -0.127. The van der Waals surface area contributed by atoms with E-state index in [1.165, 1.54) is 56.6 Å². The van der Waals surface area contributed by atoms with Crippen LogP contribution in [0.25, 0.3) is 0 Å². The third-order valence-electron chi connectivity index (χ3n) is 5.28. The number of anilines is 1. The number of thiazole rings is 1. The molecule has 1 aliphatic rings. The molecule has 1 unspecified atom stereocenters. The second kappa shape index (κ2) is 9.88. The molecular weight excluding hydrogens is 438 g/mol. The standard InChI is InChI=1S/C21H27N3O5S2/c1-15(19(25)24(21-22-12-13-30-21)17-9-5-4-6-10-17)29-20(26)16-8-7-11-18(14-16)31(27,28)23(2)3/h7-8,11-15,17H,4-6,9-10H2,1-3H3. The Hall–Kier alpha value is -2.30. The lowest BCUT2D eigenvalue weighted by Crippen LogP contribution is -2.47. The van der Waals surface area contributed by atoms with Gasteiger partial charge in [0, 0.05) is 31.7 Å². The van der Waals surface area contributed by atoms with Gasteiger partial charge in [-0.15, -0.1) is 11.3 Å². The zero-order valence-electron chi connectivity index (χ0n) is 17.9. The van der Waals surface area contributed by atoms with Crippen molar-refractivity contribution in [2.24, 2.45) is 0 Å². The summed E-state index contributed by atoms with van der Waals surface area (Å²) in [5.41, 5.74) is 0.0704. The molecule has 1 amide bonds. The molecule has 1 aromatic carbocycles. The van der Waals surface area contributed by atoms with Gasteiger partial charge in [0.25, 0.3) is 5.91 Å². The van der Waals surface area contributed by atoms with Crippen molar-refractivity contribution in [3.8, 4) is 0 Å². The van der Waals surface area contributed by atoms with E-state index in [2.05, 4.69) is 4.98 Å². The van der Waals surface area contributed by atoms with Gasteiger partial charge in [0.15, 0.2) is 11.2 Å². The molecule has 0 bridgehead atoms. The van der Waals surface area contributed by atoms with Crippen molar-refractivity contribution in [1.82, 2.24) is 9.29 Å². The number of amides is 1. The van der Waals surface area contributed by atoms with Gasteiger partial charge >= 0.3 is 5.97 Å². The Morgan fingerprint density at radius 2 is 1.90 bits per heavy atom. The lowest BCUT2D eigenvalue weighted by Gasteiger charge is -2.33. The molecule has 0 radical (unpaired) electrons. The molecule has 0 spiro atoms. The molecule has 2 aromatic rings. The van der Waals surface area contributed by atoms with Crippen molar-refractivity contribution in [3.05, 3.63) is 41.4 Å². The van der Waals surface area contributed by atoms with Crippen LogP contribution in [0.2, 0.25) is 0 Å². The summed E-state index contributed by atoms with van der Waals surface area (Å²) in [6, 6.07) is 5.64. The number of hydrogen-bond donors (Lipinski definition) is 0. The Kier molecular flexibility index (Phi) is 7.45. The van der Waals surface area contributed by atoms with E-state index in [0.717, 1.165) is 36.4 Å². The normalized spacial score (nSPS) is 16.1. The van der Waals surface area contributed by atoms with Crippen LogP contribution in [0.5, 0.6) is 0 Å². The van der Waals surface area contributed by atoms with Gasteiger partial charge in [-0.2, -0.15) is 0 Å². The van der Waals surface area contributed by atoms with Crippen LogP contribution in [-0.2, 0) is 19.6 Å². The highest BCUT2D eigenvalue weighted by atomic mass is 32.2. The Bertz CT molecular complexity index is 1020. The second-order valence-electron chi connectivity index (χ2n) is 7.68. The number of sulfonamides is 1. The molecule has 1 aromatic heterocycles. The maximum atomic E-state index is 13.2. The summed E-state index contributed by atoms with van der Waals surface area (Å²) in [5.74, 6) is -1.08. The van der Waals surface area contributed by atoms with Gasteiger partial charge in [-0.25, -0.2) is 22.5 Å². The molecule has 168 valence electrons. The molecule has 0 N–H and O–H groups in total. The number of aromatic nitrogens is 1. The van der Waals surface area contributed by atoms with Crippen molar-refractivity contribution in [3.63, 3.8) is 0 Å². The van der Waals surface area contributed by atoms with Crippen molar-refractivity contribution in [1.29, 1.82) is 0 Å². The molecule has 1 heterocycles. The van der Waals surface area contributed by atoms with Crippen molar-refractivity contribution >= 4 is 38.4 Å². The average molecular weight is 466 g/mol. The van der Waals surface area contributed by atoms with Crippen LogP contribution in [0.1, 0.15) is 49.4 Å².